The lowest BCUT2D eigenvalue weighted by atomic mass is 10.1. The number of nitrogens with zero attached hydrogens (tertiary/aromatic N) is 5. The smallest absolute Gasteiger partial charge is 0.224 e. The lowest BCUT2D eigenvalue weighted by molar-refractivity contribution is 0.341. The molecule has 7 heteroatoms. The highest BCUT2D eigenvalue weighted by Crippen LogP contribution is 2.18. The van der Waals surface area contributed by atoms with Crippen LogP contribution in [0.25, 0.3) is 11.5 Å². The molecule has 90 valence electrons. The average Bonchev–Trinajstić information content (AvgIpc) is 2.98. The zero-order chi connectivity index (χ0) is 11.7. The summed E-state index contributed by atoms with van der Waals surface area (Å²) in [5.41, 5.74) is 0.660. The van der Waals surface area contributed by atoms with Crippen molar-refractivity contribution in [3.8, 4) is 11.5 Å². The zero-order valence-electron chi connectivity index (χ0n) is 9.63. The van der Waals surface area contributed by atoms with E-state index in [-0.39, 0.29) is 0 Å². The van der Waals surface area contributed by atoms with E-state index in [1.54, 1.807) is 6.92 Å². The minimum absolute atomic E-state index is 0.373. The molecule has 0 amide bonds. The fourth-order valence-electron chi connectivity index (χ4n) is 2.02. The molecule has 1 atom stereocenters. The first-order chi connectivity index (χ1) is 8.33. The molecule has 17 heavy (non-hydrogen) atoms. The van der Waals surface area contributed by atoms with Crippen molar-refractivity contribution in [2.75, 3.05) is 13.1 Å². The summed E-state index contributed by atoms with van der Waals surface area (Å²) in [6.07, 6.45) is 4.17. The zero-order valence-corrected chi connectivity index (χ0v) is 9.63. The summed E-state index contributed by atoms with van der Waals surface area (Å²) in [6.45, 7) is 3.78. The number of piperidine rings is 1. The lowest BCUT2D eigenvalue weighted by Crippen LogP contribution is -2.31. The Morgan fingerprint density at radius 3 is 3.18 bits per heavy atom. The third kappa shape index (κ3) is 2.05. The molecule has 1 saturated heterocycles. The highest BCUT2D eigenvalue weighted by molar-refractivity contribution is 5.45. The Kier molecular flexibility index (Phi) is 2.60. The number of rotatable bonds is 2. The number of aryl methyl sites for hydroxylation is 1. The summed E-state index contributed by atoms with van der Waals surface area (Å²) >= 11 is 0. The Morgan fingerprint density at radius 2 is 2.47 bits per heavy atom. The Bertz CT molecular complexity index is 498. The minimum Gasteiger partial charge on any atom is -0.339 e. The van der Waals surface area contributed by atoms with Crippen LogP contribution in [0.2, 0.25) is 0 Å². The van der Waals surface area contributed by atoms with Gasteiger partial charge in [-0.05, 0) is 19.4 Å². The molecule has 1 aliphatic rings. The van der Waals surface area contributed by atoms with Gasteiger partial charge in [0.1, 0.15) is 0 Å². The SMILES string of the molecule is Cc1nc(-c2cn([C@@H]3CCCNC3)nn2)no1. The maximum atomic E-state index is 4.92. The van der Waals surface area contributed by atoms with Gasteiger partial charge in [0.05, 0.1) is 12.2 Å². The molecule has 0 saturated carbocycles. The second-order valence-electron chi connectivity index (χ2n) is 4.22. The van der Waals surface area contributed by atoms with E-state index in [0.717, 1.165) is 19.5 Å². The molecule has 7 nitrogen and oxygen atoms in total. The molecule has 3 heterocycles. The number of hydrogen-bond donors (Lipinski definition) is 1. The van der Waals surface area contributed by atoms with Crippen molar-refractivity contribution >= 4 is 0 Å². The molecule has 3 rings (SSSR count). The van der Waals surface area contributed by atoms with Crippen LogP contribution in [-0.2, 0) is 0 Å². The molecule has 1 fully saturated rings. The van der Waals surface area contributed by atoms with Gasteiger partial charge in [0.15, 0.2) is 5.69 Å². The molecule has 0 aromatic carbocycles. The summed E-state index contributed by atoms with van der Waals surface area (Å²) in [7, 11) is 0. The van der Waals surface area contributed by atoms with Crippen molar-refractivity contribution in [1.82, 2.24) is 30.5 Å². The number of aromatic nitrogens is 5. The van der Waals surface area contributed by atoms with E-state index in [1.807, 2.05) is 10.9 Å². The Morgan fingerprint density at radius 1 is 1.53 bits per heavy atom. The Balaban J connectivity index is 1.82. The van der Waals surface area contributed by atoms with Crippen LogP contribution in [0.3, 0.4) is 0 Å². The van der Waals surface area contributed by atoms with E-state index in [9.17, 15) is 0 Å². The van der Waals surface area contributed by atoms with E-state index >= 15 is 0 Å². The summed E-state index contributed by atoms with van der Waals surface area (Å²) in [4.78, 5) is 4.13. The Hall–Kier alpha value is -1.76. The van der Waals surface area contributed by atoms with Crippen molar-refractivity contribution in [3.63, 3.8) is 0 Å². The third-order valence-corrected chi connectivity index (χ3v) is 2.91. The molecule has 0 bridgehead atoms. The minimum atomic E-state index is 0.373. The molecule has 0 aliphatic carbocycles. The number of hydrogen-bond acceptors (Lipinski definition) is 6. The quantitative estimate of drug-likeness (QED) is 0.817. The van der Waals surface area contributed by atoms with Gasteiger partial charge in [-0.15, -0.1) is 5.10 Å². The topological polar surface area (TPSA) is 81.7 Å². The fourth-order valence-corrected chi connectivity index (χ4v) is 2.02. The van der Waals surface area contributed by atoms with Gasteiger partial charge in [0, 0.05) is 13.5 Å². The first-order valence-corrected chi connectivity index (χ1v) is 5.76. The monoisotopic (exact) mass is 234 g/mol. The van der Waals surface area contributed by atoms with Crippen molar-refractivity contribution in [2.45, 2.75) is 25.8 Å². The molecule has 0 unspecified atom stereocenters. The second kappa shape index (κ2) is 4.25. The van der Waals surface area contributed by atoms with E-state index in [1.165, 1.54) is 6.42 Å². The van der Waals surface area contributed by atoms with Crippen LogP contribution in [0, 0.1) is 6.92 Å². The molecular weight excluding hydrogens is 220 g/mol. The highest BCUT2D eigenvalue weighted by Gasteiger charge is 2.18. The average molecular weight is 234 g/mol. The second-order valence-corrected chi connectivity index (χ2v) is 4.22. The number of nitrogens with one attached hydrogen (secondary N) is 1. The molecular formula is C10H14N6O. The van der Waals surface area contributed by atoms with Crippen molar-refractivity contribution in [1.29, 1.82) is 0 Å². The lowest BCUT2D eigenvalue weighted by Gasteiger charge is -2.22. The van der Waals surface area contributed by atoms with Crippen molar-refractivity contribution < 1.29 is 4.52 Å². The van der Waals surface area contributed by atoms with Crippen molar-refractivity contribution in [3.05, 3.63) is 12.1 Å². The van der Waals surface area contributed by atoms with Crippen LogP contribution in [0.4, 0.5) is 0 Å². The van der Waals surface area contributed by atoms with Gasteiger partial charge < -0.3 is 9.84 Å². The van der Waals surface area contributed by atoms with Crippen molar-refractivity contribution in [2.24, 2.45) is 0 Å². The normalized spacial score (nSPS) is 20.6. The summed E-state index contributed by atoms with van der Waals surface area (Å²) in [6, 6.07) is 0.373. The van der Waals surface area contributed by atoms with Gasteiger partial charge in [-0.3, -0.25) is 0 Å². The first kappa shape index (κ1) is 10.4. The van der Waals surface area contributed by atoms with E-state index in [2.05, 4.69) is 25.8 Å². The van der Waals surface area contributed by atoms with Gasteiger partial charge in [0.2, 0.25) is 11.7 Å². The van der Waals surface area contributed by atoms with Crippen LogP contribution < -0.4 is 5.32 Å². The van der Waals surface area contributed by atoms with Crippen LogP contribution in [0.1, 0.15) is 24.8 Å². The van der Waals surface area contributed by atoms with Crippen LogP contribution in [0.5, 0.6) is 0 Å². The van der Waals surface area contributed by atoms with Gasteiger partial charge >= 0.3 is 0 Å². The third-order valence-electron chi connectivity index (χ3n) is 2.91. The van der Waals surface area contributed by atoms with Gasteiger partial charge in [-0.1, -0.05) is 10.4 Å². The van der Waals surface area contributed by atoms with Crippen LogP contribution in [0.15, 0.2) is 10.7 Å². The maximum absolute atomic E-state index is 4.92. The summed E-state index contributed by atoms with van der Waals surface area (Å²) in [5.74, 6) is 1.03. The van der Waals surface area contributed by atoms with Gasteiger partial charge in [0.25, 0.3) is 0 Å². The van der Waals surface area contributed by atoms with Gasteiger partial charge in [-0.2, -0.15) is 4.98 Å². The van der Waals surface area contributed by atoms with E-state index < -0.39 is 0 Å². The molecule has 2 aromatic heterocycles. The van der Waals surface area contributed by atoms with Gasteiger partial charge in [-0.25, -0.2) is 4.68 Å². The largest absolute Gasteiger partial charge is 0.339 e. The Labute approximate surface area is 98.2 Å². The standard InChI is InChI=1S/C10H14N6O/c1-7-12-10(14-17-7)9-6-16(15-13-9)8-3-2-4-11-5-8/h6,8,11H,2-5H2,1H3/t8-/m1/s1. The molecule has 2 aromatic rings. The van der Waals surface area contributed by atoms with Crippen LogP contribution >= 0.6 is 0 Å². The fraction of sp³-hybridized carbons (Fsp3) is 0.600. The summed E-state index contributed by atoms with van der Waals surface area (Å²) < 4.78 is 6.81. The molecule has 0 spiro atoms. The first-order valence-electron chi connectivity index (χ1n) is 5.76. The van der Waals surface area contributed by atoms with E-state index in [4.69, 9.17) is 4.52 Å². The van der Waals surface area contributed by atoms with Crippen LogP contribution in [-0.4, -0.2) is 38.2 Å². The molecule has 0 radical (unpaired) electrons. The van der Waals surface area contributed by atoms with E-state index in [0.29, 0.717) is 23.5 Å². The predicted molar refractivity (Wildman–Crippen MR) is 59.2 cm³/mol. The maximum Gasteiger partial charge on any atom is 0.224 e. The predicted octanol–water partition coefficient (Wildman–Crippen LogP) is 0.561. The highest BCUT2D eigenvalue weighted by atomic mass is 16.5. The molecule has 1 N–H and O–H groups in total. The summed E-state index contributed by atoms with van der Waals surface area (Å²) in [5, 5.41) is 15.4. The molecule has 1 aliphatic heterocycles.